The molecule has 106 valence electrons. The molecule has 0 amide bonds. The molecule has 2 aromatic rings. The van der Waals surface area contributed by atoms with Gasteiger partial charge in [0.2, 0.25) is 0 Å². The first-order valence-electron chi connectivity index (χ1n) is 6.83. The zero-order valence-corrected chi connectivity index (χ0v) is 13.4. The SMILES string of the molecule is CN1CN(c2ccc(S(C)(C)C)cc2)c2ccccc21. The molecule has 20 heavy (non-hydrogen) atoms. The summed E-state index contributed by atoms with van der Waals surface area (Å²) in [4.78, 5) is 6.12. The second-order valence-electron chi connectivity index (χ2n) is 6.09. The molecule has 0 unspecified atom stereocenters. The van der Waals surface area contributed by atoms with E-state index in [9.17, 15) is 0 Å². The minimum absolute atomic E-state index is 0.643. The van der Waals surface area contributed by atoms with E-state index in [1.807, 2.05) is 0 Å². The Morgan fingerprint density at radius 2 is 1.45 bits per heavy atom. The van der Waals surface area contributed by atoms with Crippen LogP contribution in [0, 0.1) is 0 Å². The summed E-state index contributed by atoms with van der Waals surface area (Å²) in [5.41, 5.74) is 3.87. The molecule has 3 rings (SSSR count). The van der Waals surface area contributed by atoms with E-state index in [2.05, 4.69) is 84.1 Å². The van der Waals surface area contributed by atoms with E-state index in [0.29, 0.717) is 0 Å². The van der Waals surface area contributed by atoms with Crippen LogP contribution in [0.25, 0.3) is 0 Å². The van der Waals surface area contributed by atoms with Crippen molar-refractivity contribution >= 4 is 27.1 Å². The van der Waals surface area contributed by atoms with Crippen LogP contribution >= 0.6 is 10.0 Å². The van der Waals surface area contributed by atoms with Crippen molar-refractivity contribution in [1.82, 2.24) is 0 Å². The highest BCUT2D eigenvalue weighted by Crippen LogP contribution is 2.46. The first kappa shape index (κ1) is 13.4. The topological polar surface area (TPSA) is 6.48 Å². The lowest BCUT2D eigenvalue weighted by atomic mass is 10.2. The standard InChI is InChI=1S/C17H22N2S/c1-18-13-19(17-8-6-5-7-16(17)18)14-9-11-15(12-10-14)20(2,3)4/h5-12H,13H2,1-4H3. The Hall–Kier alpha value is -1.61. The Kier molecular flexibility index (Phi) is 3.17. The van der Waals surface area contributed by atoms with Crippen molar-refractivity contribution in [3.05, 3.63) is 48.5 Å². The third-order valence-electron chi connectivity index (χ3n) is 3.79. The molecular weight excluding hydrogens is 264 g/mol. The van der Waals surface area contributed by atoms with Crippen LogP contribution in [-0.4, -0.2) is 32.5 Å². The fraction of sp³-hybridized carbons (Fsp3) is 0.294. The van der Waals surface area contributed by atoms with Crippen molar-refractivity contribution in [1.29, 1.82) is 0 Å². The second kappa shape index (κ2) is 4.74. The Balaban J connectivity index is 1.95. The maximum atomic E-state index is 2.37. The minimum atomic E-state index is -0.643. The molecule has 0 spiro atoms. The van der Waals surface area contributed by atoms with Gasteiger partial charge in [0.1, 0.15) is 0 Å². The molecule has 0 atom stereocenters. The number of anilines is 3. The van der Waals surface area contributed by atoms with Crippen LogP contribution in [0.2, 0.25) is 0 Å². The number of rotatable bonds is 2. The summed E-state index contributed by atoms with van der Waals surface area (Å²) in [6.07, 6.45) is 7.00. The lowest BCUT2D eigenvalue weighted by Crippen LogP contribution is -2.23. The highest BCUT2D eigenvalue weighted by atomic mass is 32.3. The van der Waals surface area contributed by atoms with Crippen molar-refractivity contribution in [3.63, 3.8) is 0 Å². The summed E-state index contributed by atoms with van der Waals surface area (Å²) in [5, 5.41) is 0. The maximum Gasteiger partial charge on any atom is 0.0950 e. The summed E-state index contributed by atoms with van der Waals surface area (Å²) < 4.78 is 0. The van der Waals surface area contributed by atoms with Crippen LogP contribution in [0.15, 0.2) is 53.4 Å². The maximum absolute atomic E-state index is 2.37. The molecule has 0 radical (unpaired) electrons. The van der Waals surface area contributed by atoms with Gasteiger partial charge in [-0.2, -0.15) is 0 Å². The van der Waals surface area contributed by atoms with Crippen molar-refractivity contribution < 1.29 is 0 Å². The van der Waals surface area contributed by atoms with Gasteiger partial charge in [-0.15, -0.1) is 0 Å². The normalized spacial score (nSPS) is 15.4. The third kappa shape index (κ3) is 2.27. The molecule has 0 bridgehead atoms. The van der Waals surface area contributed by atoms with Gasteiger partial charge in [0.25, 0.3) is 0 Å². The summed E-state index contributed by atoms with van der Waals surface area (Å²) in [7, 11) is 1.50. The van der Waals surface area contributed by atoms with E-state index in [0.717, 1.165) is 6.67 Å². The summed E-state index contributed by atoms with van der Waals surface area (Å²) >= 11 is 0. The average molecular weight is 286 g/mol. The van der Waals surface area contributed by atoms with Gasteiger partial charge in [-0.3, -0.25) is 0 Å². The molecule has 0 fully saturated rings. The first-order chi connectivity index (χ1) is 9.47. The molecule has 1 aliphatic heterocycles. The molecular formula is C17H22N2S. The minimum Gasteiger partial charge on any atom is -0.355 e. The summed E-state index contributed by atoms with van der Waals surface area (Å²) in [6.45, 7) is 0.918. The fourth-order valence-electron chi connectivity index (χ4n) is 2.63. The highest BCUT2D eigenvalue weighted by Gasteiger charge is 2.23. The zero-order chi connectivity index (χ0) is 14.3. The number of hydrogen-bond donors (Lipinski definition) is 0. The van der Waals surface area contributed by atoms with Crippen molar-refractivity contribution in [2.24, 2.45) is 0 Å². The van der Waals surface area contributed by atoms with Crippen LogP contribution in [0.3, 0.4) is 0 Å². The number of benzene rings is 2. The van der Waals surface area contributed by atoms with Gasteiger partial charge in [0.15, 0.2) is 0 Å². The van der Waals surface area contributed by atoms with Gasteiger partial charge in [0.05, 0.1) is 18.0 Å². The molecule has 1 aliphatic rings. The predicted octanol–water partition coefficient (Wildman–Crippen LogP) is 4.28. The molecule has 0 saturated carbocycles. The van der Waals surface area contributed by atoms with Crippen LogP contribution in [-0.2, 0) is 0 Å². The first-order valence-corrected chi connectivity index (χ1v) is 9.69. The fourth-order valence-corrected chi connectivity index (χ4v) is 3.59. The van der Waals surface area contributed by atoms with Crippen LogP contribution in [0.4, 0.5) is 17.1 Å². The van der Waals surface area contributed by atoms with Crippen LogP contribution in [0.5, 0.6) is 0 Å². The quantitative estimate of drug-likeness (QED) is 0.813. The lowest BCUT2D eigenvalue weighted by molar-refractivity contribution is 0.949. The van der Waals surface area contributed by atoms with Gasteiger partial charge >= 0.3 is 0 Å². The molecule has 0 saturated heterocycles. The van der Waals surface area contributed by atoms with Gasteiger partial charge in [-0.25, -0.2) is 10.0 Å². The smallest absolute Gasteiger partial charge is 0.0950 e. The molecule has 2 aromatic carbocycles. The van der Waals surface area contributed by atoms with Crippen molar-refractivity contribution in [3.8, 4) is 0 Å². The molecule has 2 nitrogen and oxygen atoms in total. The van der Waals surface area contributed by atoms with E-state index in [-0.39, 0.29) is 0 Å². The van der Waals surface area contributed by atoms with E-state index >= 15 is 0 Å². The van der Waals surface area contributed by atoms with E-state index < -0.39 is 10.0 Å². The van der Waals surface area contributed by atoms with Crippen LogP contribution < -0.4 is 9.80 Å². The molecule has 0 N–H and O–H groups in total. The molecule has 0 aliphatic carbocycles. The monoisotopic (exact) mass is 286 g/mol. The third-order valence-corrected chi connectivity index (χ3v) is 5.48. The molecule has 0 aromatic heterocycles. The summed E-state index contributed by atoms with van der Waals surface area (Å²) in [6, 6.07) is 17.7. The Labute approximate surface area is 123 Å². The lowest BCUT2D eigenvalue weighted by Gasteiger charge is -2.27. The van der Waals surface area contributed by atoms with Crippen molar-refractivity contribution in [2.45, 2.75) is 4.90 Å². The molecule has 3 heteroatoms. The van der Waals surface area contributed by atoms with E-state index in [4.69, 9.17) is 0 Å². The Morgan fingerprint density at radius 1 is 0.850 bits per heavy atom. The van der Waals surface area contributed by atoms with Crippen molar-refractivity contribution in [2.75, 3.05) is 42.3 Å². The number of hydrogen-bond acceptors (Lipinski definition) is 2. The number of para-hydroxylation sites is 2. The van der Waals surface area contributed by atoms with Gasteiger partial charge in [-0.05, 0) is 60.1 Å². The Morgan fingerprint density at radius 3 is 2.05 bits per heavy atom. The molecule has 1 heterocycles. The second-order valence-corrected chi connectivity index (χ2v) is 10.2. The van der Waals surface area contributed by atoms with Crippen LogP contribution in [0.1, 0.15) is 0 Å². The average Bonchev–Trinajstić information content (AvgIpc) is 2.76. The van der Waals surface area contributed by atoms with E-state index in [1.54, 1.807) is 0 Å². The van der Waals surface area contributed by atoms with Gasteiger partial charge < -0.3 is 9.80 Å². The predicted molar refractivity (Wildman–Crippen MR) is 91.9 cm³/mol. The van der Waals surface area contributed by atoms with Gasteiger partial charge in [0, 0.05) is 12.7 Å². The number of fused-ring (bicyclic) bond motifs is 1. The zero-order valence-electron chi connectivity index (χ0n) is 12.6. The largest absolute Gasteiger partial charge is 0.355 e. The highest BCUT2D eigenvalue weighted by molar-refractivity contribution is 8.32. The summed E-state index contributed by atoms with van der Waals surface area (Å²) in [5.74, 6) is 0. The number of nitrogens with zero attached hydrogens (tertiary/aromatic N) is 2. The van der Waals surface area contributed by atoms with E-state index in [1.165, 1.54) is 22.0 Å². The Bertz CT molecular complexity index is 614. The van der Waals surface area contributed by atoms with Gasteiger partial charge in [-0.1, -0.05) is 12.1 Å².